The number of hydrogen-bond acceptors (Lipinski definition) is 6. The molecule has 1 saturated heterocycles. The standard InChI is InChI=1S/C21H21N3O5S/c1-3-24-19(26)17(30-21(24)23-15-8-10-16(29-2)11-9-15)12-18(25)22-14-6-4-13(5-7-14)20(27)28/h4-11,17H,3,12H2,1-2H3,(H,22,25)(H,27,28)/t17-/m1/s1. The van der Waals surface area contributed by atoms with Crippen LogP contribution in [0.2, 0.25) is 0 Å². The molecule has 1 atom stereocenters. The number of carboxylic acids is 1. The van der Waals surface area contributed by atoms with Gasteiger partial charge in [0.15, 0.2) is 5.17 Å². The van der Waals surface area contributed by atoms with Crippen molar-refractivity contribution in [2.75, 3.05) is 19.0 Å². The molecule has 0 saturated carbocycles. The molecule has 0 spiro atoms. The number of methoxy groups -OCH3 is 1. The van der Waals surface area contributed by atoms with Gasteiger partial charge < -0.3 is 15.2 Å². The van der Waals surface area contributed by atoms with Crippen LogP contribution in [0.25, 0.3) is 0 Å². The van der Waals surface area contributed by atoms with Gasteiger partial charge >= 0.3 is 5.97 Å². The zero-order chi connectivity index (χ0) is 21.7. The number of aromatic carboxylic acids is 1. The van der Waals surface area contributed by atoms with Crippen molar-refractivity contribution >= 4 is 46.1 Å². The number of nitrogens with zero attached hydrogens (tertiary/aromatic N) is 2. The third-order valence-corrected chi connectivity index (χ3v) is 5.60. The van der Waals surface area contributed by atoms with Crippen molar-refractivity contribution in [3.63, 3.8) is 0 Å². The Kier molecular flexibility index (Phi) is 6.73. The number of thioether (sulfide) groups is 1. The van der Waals surface area contributed by atoms with Crippen molar-refractivity contribution < 1.29 is 24.2 Å². The largest absolute Gasteiger partial charge is 0.497 e. The molecule has 2 aromatic carbocycles. The van der Waals surface area contributed by atoms with Crippen LogP contribution in [0.5, 0.6) is 5.75 Å². The van der Waals surface area contributed by atoms with Crippen LogP contribution in [-0.2, 0) is 9.59 Å². The SMILES string of the molecule is CCN1C(=O)[C@@H](CC(=O)Nc2ccc(C(=O)O)cc2)SC1=Nc1ccc(OC)cc1. The van der Waals surface area contributed by atoms with Gasteiger partial charge in [0.2, 0.25) is 11.8 Å². The van der Waals surface area contributed by atoms with Crippen LogP contribution in [0.15, 0.2) is 53.5 Å². The molecule has 0 bridgehead atoms. The summed E-state index contributed by atoms with van der Waals surface area (Å²) in [5.74, 6) is -0.812. The number of anilines is 1. The van der Waals surface area contributed by atoms with Crippen LogP contribution < -0.4 is 10.1 Å². The molecule has 2 amide bonds. The number of amidine groups is 1. The first kappa shape index (κ1) is 21.4. The van der Waals surface area contributed by atoms with E-state index in [0.717, 1.165) is 0 Å². The first-order valence-corrected chi connectivity index (χ1v) is 10.1. The second kappa shape index (κ2) is 9.45. The molecule has 1 heterocycles. The molecular weight excluding hydrogens is 406 g/mol. The minimum absolute atomic E-state index is 0.0116. The first-order valence-electron chi connectivity index (χ1n) is 9.25. The Morgan fingerprint density at radius 1 is 1.17 bits per heavy atom. The third kappa shape index (κ3) is 4.98. The summed E-state index contributed by atoms with van der Waals surface area (Å²) in [6, 6.07) is 13.0. The topological polar surface area (TPSA) is 108 Å². The number of carbonyl (C=O) groups is 3. The van der Waals surface area contributed by atoms with E-state index in [2.05, 4.69) is 10.3 Å². The fourth-order valence-corrected chi connectivity index (χ4v) is 4.08. The molecule has 3 rings (SSSR count). The summed E-state index contributed by atoms with van der Waals surface area (Å²) in [4.78, 5) is 42.1. The van der Waals surface area contributed by atoms with Crippen LogP contribution in [0.3, 0.4) is 0 Å². The molecule has 30 heavy (non-hydrogen) atoms. The number of amides is 2. The highest BCUT2D eigenvalue weighted by Gasteiger charge is 2.38. The molecule has 0 aromatic heterocycles. The van der Waals surface area contributed by atoms with Gasteiger partial charge in [-0.15, -0.1) is 0 Å². The number of carboxylic acid groups (broad SMARTS) is 1. The van der Waals surface area contributed by atoms with Crippen LogP contribution >= 0.6 is 11.8 Å². The fraction of sp³-hybridized carbons (Fsp3) is 0.238. The zero-order valence-electron chi connectivity index (χ0n) is 16.5. The lowest BCUT2D eigenvalue weighted by molar-refractivity contribution is -0.128. The third-order valence-electron chi connectivity index (χ3n) is 4.42. The minimum atomic E-state index is -1.04. The predicted octanol–water partition coefficient (Wildman–Crippen LogP) is 3.37. The Morgan fingerprint density at radius 2 is 1.83 bits per heavy atom. The molecule has 0 radical (unpaired) electrons. The van der Waals surface area contributed by atoms with E-state index >= 15 is 0 Å². The van der Waals surface area contributed by atoms with E-state index in [4.69, 9.17) is 9.84 Å². The lowest BCUT2D eigenvalue weighted by Crippen LogP contribution is -2.33. The second-order valence-corrected chi connectivity index (χ2v) is 7.59. The Labute approximate surface area is 177 Å². The van der Waals surface area contributed by atoms with E-state index < -0.39 is 11.2 Å². The zero-order valence-corrected chi connectivity index (χ0v) is 17.3. The Hall–Kier alpha value is -3.33. The maximum absolute atomic E-state index is 12.7. The van der Waals surface area contributed by atoms with Crippen molar-refractivity contribution in [1.82, 2.24) is 4.90 Å². The minimum Gasteiger partial charge on any atom is -0.497 e. The Balaban J connectivity index is 1.67. The highest BCUT2D eigenvalue weighted by molar-refractivity contribution is 8.15. The van der Waals surface area contributed by atoms with E-state index in [1.54, 1.807) is 36.3 Å². The summed E-state index contributed by atoms with van der Waals surface area (Å²) in [5, 5.41) is 11.6. The molecule has 1 aliphatic heterocycles. The van der Waals surface area contributed by atoms with E-state index in [0.29, 0.717) is 28.8 Å². The molecular formula is C21H21N3O5S. The molecule has 156 valence electrons. The van der Waals surface area contributed by atoms with E-state index in [1.165, 1.54) is 36.0 Å². The smallest absolute Gasteiger partial charge is 0.335 e. The summed E-state index contributed by atoms with van der Waals surface area (Å²) in [6.07, 6.45) is -0.0116. The molecule has 9 heteroatoms. The average molecular weight is 427 g/mol. The second-order valence-electron chi connectivity index (χ2n) is 6.42. The van der Waals surface area contributed by atoms with Gasteiger partial charge in [-0.1, -0.05) is 11.8 Å². The average Bonchev–Trinajstić information content (AvgIpc) is 3.02. The predicted molar refractivity (Wildman–Crippen MR) is 116 cm³/mol. The van der Waals surface area contributed by atoms with Gasteiger partial charge in [-0.05, 0) is 55.5 Å². The maximum Gasteiger partial charge on any atom is 0.335 e. The van der Waals surface area contributed by atoms with E-state index in [9.17, 15) is 14.4 Å². The van der Waals surface area contributed by atoms with E-state index in [-0.39, 0.29) is 23.8 Å². The van der Waals surface area contributed by atoms with Crippen molar-refractivity contribution in [1.29, 1.82) is 0 Å². The van der Waals surface area contributed by atoms with Gasteiger partial charge in [0, 0.05) is 18.7 Å². The van der Waals surface area contributed by atoms with Gasteiger partial charge in [0.1, 0.15) is 11.0 Å². The molecule has 8 nitrogen and oxygen atoms in total. The number of nitrogens with one attached hydrogen (secondary N) is 1. The van der Waals surface area contributed by atoms with Gasteiger partial charge in [-0.25, -0.2) is 9.79 Å². The summed E-state index contributed by atoms with van der Waals surface area (Å²) < 4.78 is 5.13. The van der Waals surface area contributed by atoms with Gasteiger partial charge in [0.05, 0.1) is 18.4 Å². The maximum atomic E-state index is 12.7. The van der Waals surface area contributed by atoms with Gasteiger partial charge in [0.25, 0.3) is 0 Å². The van der Waals surface area contributed by atoms with Gasteiger partial charge in [-0.3, -0.25) is 14.5 Å². The van der Waals surface area contributed by atoms with Crippen molar-refractivity contribution in [2.24, 2.45) is 4.99 Å². The number of rotatable bonds is 7. The molecule has 1 fully saturated rings. The van der Waals surface area contributed by atoms with Crippen LogP contribution in [0.1, 0.15) is 23.7 Å². The quantitative estimate of drug-likeness (QED) is 0.701. The number of carbonyl (C=O) groups excluding carboxylic acids is 2. The van der Waals surface area contributed by atoms with Crippen LogP contribution in [-0.4, -0.2) is 51.9 Å². The summed E-state index contributed by atoms with van der Waals surface area (Å²) in [7, 11) is 1.58. The number of aliphatic imine (C=N–C) groups is 1. The monoisotopic (exact) mass is 427 g/mol. The number of ether oxygens (including phenoxy) is 1. The summed E-state index contributed by atoms with van der Waals surface area (Å²) in [5.41, 5.74) is 1.29. The summed E-state index contributed by atoms with van der Waals surface area (Å²) in [6.45, 7) is 2.31. The lowest BCUT2D eigenvalue weighted by atomic mass is 10.2. The molecule has 2 aromatic rings. The first-order chi connectivity index (χ1) is 14.4. The molecule has 2 N–H and O–H groups in total. The molecule has 0 unspecified atom stereocenters. The highest BCUT2D eigenvalue weighted by Crippen LogP contribution is 2.32. The molecule has 0 aliphatic carbocycles. The Morgan fingerprint density at radius 3 is 2.40 bits per heavy atom. The highest BCUT2D eigenvalue weighted by atomic mass is 32.2. The lowest BCUT2D eigenvalue weighted by Gasteiger charge is -2.13. The van der Waals surface area contributed by atoms with Crippen LogP contribution in [0, 0.1) is 0 Å². The van der Waals surface area contributed by atoms with Crippen molar-refractivity contribution in [3.8, 4) is 5.75 Å². The van der Waals surface area contributed by atoms with Crippen molar-refractivity contribution in [3.05, 3.63) is 54.1 Å². The van der Waals surface area contributed by atoms with Crippen LogP contribution in [0.4, 0.5) is 11.4 Å². The van der Waals surface area contributed by atoms with E-state index in [1.807, 2.05) is 6.92 Å². The number of hydrogen-bond donors (Lipinski definition) is 2. The normalized spacial score (nSPS) is 17.3. The Bertz CT molecular complexity index is 973. The van der Waals surface area contributed by atoms with Crippen molar-refractivity contribution in [2.45, 2.75) is 18.6 Å². The number of benzene rings is 2. The summed E-state index contributed by atoms with van der Waals surface area (Å²) >= 11 is 1.26. The molecule has 1 aliphatic rings. The fourth-order valence-electron chi connectivity index (χ4n) is 2.86. The van der Waals surface area contributed by atoms with Gasteiger partial charge in [-0.2, -0.15) is 0 Å².